The summed E-state index contributed by atoms with van der Waals surface area (Å²) in [5, 5.41) is 0. The van der Waals surface area contributed by atoms with Gasteiger partial charge in [-0.05, 0) is 19.1 Å². The van der Waals surface area contributed by atoms with Crippen molar-refractivity contribution >= 4 is 23.9 Å². The predicted molar refractivity (Wildman–Crippen MR) is 104 cm³/mol. The molecule has 1 aliphatic heterocycles. The standard InChI is InChI=1S/C21H26O10/c1-11-6-8-16(9-7-11)30-21-20(29-15(5)25)19(28-14(4)24)18(27-13(3)23)17(31-21)10-26-12(2)22/h6-9,17-21H,10H2,1-5H3/t17-,18-,19+,20-,21+/m0/s1. The zero-order chi connectivity index (χ0) is 23.1. The van der Waals surface area contributed by atoms with Crippen LogP contribution in [-0.4, -0.2) is 61.2 Å². The van der Waals surface area contributed by atoms with Gasteiger partial charge in [-0.15, -0.1) is 0 Å². The third kappa shape index (κ3) is 7.25. The van der Waals surface area contributed by atoms with Crippen molar-refractivity contribution in [3.63, 3.8) is 0 Å². The van der Waals surface area contributed by atoms with Crippen LogP contribution in [0.5, 0.6) is 5.75 Å². The van der Waals surface area contributed by atoms with E-state index in [-0.39, 0.29) is 6.61 Å². The van der Waals surface area contributed by atoms with Crippen molar-refractivity contribution in [1.29, 1.82) is 0 Å². The van der Waals surface area contributed by atoms with Gasteiger partial charge < -0.3 is 28.4 Å². The van der Waals surface area contributed by atoms with Gasteiger partial charge in [0.25, 0.3) is 0 Å². The fraction of sp³-hybridized carbons (Fsp3) is 0.524. The van der Waals surface area contributed by atoms with E-state index < -0.39 is 54.6 Å². The minimum atomic E-state index is -1.27. The highest BCUT2D eigenvalue weighted by Gasteiger charge is 2.53. The van der Waals surface area contributed by atoms with Gasteiger partial charge in [-0.1, -0.05) is 17.7 Å². The Morgan fingerprint density at radius 3 is 1.81 bits per heavy atom. The van der Waals surface area contributed by atoms with Gasteiger partial charge in [0, 0.05) is 27.7 Å². The van der Waals surface area contributed by atoms with Crippen LogP contribution in [0.1, 0.15) is 33.3 Å². The molecule has 0 radical (unpaired) electrons. The highest BCUT2D eigenvalue weighted by molar-refractivity contribution is 5.68. The number of carbonyl (C=O) groups is 4. The minimum Gasteiger partial charge on any atom is -0.463 e. The SMILES string of the molecule is CC(=O)OC[C@@H]1O[C@@H](Oc2ccc(C)cc2)[C@@H](OC(C)=O)[C@H](OC(C)=O)[C@H]1OC(C)=O. The Hall–Kier alpha value is -3.14. The van der Waals surface area contributed by atoms with E-state index in [4.69, 9.17) is 28.4 Å². The Balaban J connectivity index is 2.43. The topological polar surface area (TPSA) is 124 Å². The maximum Gasteiger partial charge on any atom is 0.303 e. The third-order valence-corrected chi connectivity index (χ3v) is 4.22. The molecule has 0 saturated carbocycles. The predicted octanol–water partition coefficient (Wildman–Crippen LogP) is 1.46. The molecule has 0 aliphatic carbocycles. The number of esters is 4. The Bertz CT molecular complexity index is 803. The maximum atomic E-state index is 11.8. The largest absolute Gasteiger partial charge is 0.463 e. The number of aryl methyl sites for hydroxylation is 1. The van der Waals surface area contributed by atoms with Crippen molar-refractivity contribution in [2.45, 2.75) is 65.3 Å². The molecule has 0 spiro atoms. The molecule has 1 fully saturated rings. The van der Waals surface area contributed by atoms with E-state index in [9.17, 15) is 19.2 Å². The van der Waals surface area contributed by atoms with Crippen molar-refractivity contribution in [1.82, 2.24) is 0 Å². The molecule has 1 aromatic rings. The van der Waals surface area contributed by atoms with Crippen LogP contribution < -0.4 is 4.74 Å². The fourth-order valence-electron chi connectivity index (χ4n) is 3.03. The molecule has 1 aromatic carbocycles. The molecule has 0 amide bonds. The van der Waals surface area contributed by atoms with Gasteiger partial charge in [-0.2, -0.15) is 0 Å². The van der Waals surface area contributed by atoms with Crippen molar-refractivity contribution in [3.8, 4) is 5.75 Å². The van der Waals surface area contributed by atoms with Crippen molar-refractivity contribution in [2.75, 3.05) is 6.61 Å². The molecule has 10 heteroatoms. The van der Waals surface area contributed by atoms with Crippen LogP contribution in [0.2, 0.25) is 0 Å². The molecule has 5 atom stereocenters. The molecular weight excluding hydrogens is 412 g/mol. The zero-order valence-corrected chi connectivity index (χ0v) is 18.0. The highest BCUT2D eigenvalue weighted by atomic mass is 16.7. The molecule has 0 N–H and O–H groups in total. The molecule has 1 aliphatic rings. The monoisotopic (exact) mass is 438 g/mol. The Labute approximate surface area is 179 Å². The number of carbonyl (C=O) groups excluding carboxylic acids is 4. The molecule has 170 valence electrons. The quantitative estimate of drug-likeness (QED) is 0.456. The van der Waals surface area contributed by atoms with Gasteiger partial charge in [0.2, 0.25) is 12.4 Å². The van der Waals surface area contributed by atoms with Crippen LogP contribution in [0.3, 0.4) is 0 Å². The molecule has 0 aromatic heterocycles. The van der Waals surface area contributed by atoms with E-state index >= 15 is 0 Å². The number of hydrogen-bond acceptors (Lipinski definition) is 10. The molecule has 1 saturated heterocycles. The normalized spacial score (nSPS) is 25.1. The molecule has 10 nitrogen and oxygen atoms in total. The summed E-state index contributed by atoms with van der Waals surface area (Å²) >= 11 is 0. The Morgan fingerprint density at radius 2 is 1.29 bits per heavy atom. The summed E-state index contributed by atoms with van der Waals surface area (Å²) in [7, 11) is 0. The summed E-state index contributed by atoms with van der Waals surface area (Å²) in [6.45, 7) is 6.27. The van der Waals surface area contributed by atoms with E-state index in [1.165, 1.54) is 13.8 Å². The van der Waals surface area contributed by atoms with Crippen LogP contribution >= 0.6 is 0 Å². The second-order valence-electron chi connectivity index (χ2n) is 7.00. The summed E-state index contributed by atoms with van der Waals surface area (Å²) in [4.78, 5) is 46.6. The molecule has 31 heavy (non-hydrogen) atoms. The smallest absolute Gasteiger partial charge is 0.303 e. The Kier molecular flexibility index (Phi) is 8.38. The number of benzene rings is 1. The van der Waals surface area contributed by atoms with Crippen LogP contribution in [0.25, 0.3) is 0 Å². The van der Waals surface area contributed by atoms with Gasteiger partial charge in [0.05, 0.1) is 0 Å². The lowest BCUT2D eigenvalue weighted by Crippen LogP contribution is -2.63. The second kappa shape index (κ2) is 10.8. The summed E-state index contributed by atoms with van der Waals surface area (Å²) in [6, 6.07) is 6.98. The van der Waals surface area contributed by atoms with Crippen LogP contribution in [-0.2, 0) is 42.9 Å². The van der Waals surface area contributed by atoms with Crippen LogP contribution in [0, 0.1) is 6.92 Å². The van der Waals surface area contributed by atoms with E-state index in [0.29, 0.717) is 5.75 Å². The molecule has 1 heterocycles. The molecular formula is C21H26O10. The lowest BCUT2D eigenvalue weighted by molar-refractivity contribution is -0.288. The molecule has 0 unspecified atom stereocenters. The van der Waals surface area contributed by atoms with Gasteiger partial charge in [-0.3, -0.25) is 19.2 Å². The average molecular weight is 438 g/mol. The van der Waals surface area contributed by atoms with E-state index in [1.54, 1.807) is 24.3 Å². The van der Waals surface area contributed by atoms with Crippen LogP contribution in [0.4, 0.5) is 0 Å². The number of rotatable bonds is 7. The lowest BCUT2D eigenvalue weighted by atomic mass is 9.98. The number of ether oxygens (including phenoxy) is 6. The number of hydrogen-bond donors (Lipinski definition) is 0. The lowest BCUT2D eigenvalue weighted by Gasteiger charge is -2.43. The second-order valence-corrected chi connectivity index (χ2v) is 7.00. The Morgan fingerprint density at radius 1 is 0.774 bits per heavy atom. The molecule has 2 rings (SSSR count). The minimum absolute atomic E-state index is 0.314. The third-order valence-electron chi connectivity index (χ3n) is 4.22. The van der Waals surface area contributed by atoms with Crippen molar-refractivity contribution < 1.29 is 47.6 Å². The summed E-state index contributed by atoms with van der Waals surface area (Å²) in [5.41, 5.74) is 0.994. The van der Waals surface area contributed by atoms with Gasteiger partial charge >= 0.3 is 23.9 Å². The van der Waals surface area contributed by atoms with E-state index in [2.05, 4.69) is 0 Å². The van der Waals surface area contributed by atoms with Crippen LogP contribution in [0.15, 0.2) is 24.3 Å². The van der Waals surface area contributed by atoms with Crippen molar-refractivity contribution in [2.24, 2.45) is 0 Å². The first kappa shape index (κ1) is 24.1. The van der Waals surface area contributed by atoms with Gasteiger partial charge in [0.15, 0.2) is 12.2 Å². The van der Waals surface area contributed by atoms with Gasteiger partial charge in [0.1, 0.15) is 18.5 Å². The highest BCUT2D eigenvalue weighted by Crippen LogP contribution is 2.31. The van der Waals surface area contributed by atoms with Crippen molar-refractivity contribution in [3.05, 3.63) is 29.8 Å². The summed E-state index contributed by atoms with van der Waals surface area (Å²) in [5.74, 6) is -2.29. The summed E-state index contributed by atoms with van der Waals surface area (Å²) < 4.78 is 32.7. The fourth-order valence-corrected chi connectivity index (χ4v) is 3.03. The summed E-state index contributed by atoms with van der Waals surface area (Å²) in [6.07, 6.45) is -6.05. The maximum absolute atomic E-state index is 11.8. The first-order chi connectivity index (χ1) is 14.6. The first-order valence-corrected chi connectivity index (χ1v) is 9.60. The van der Waals surface area contributed by atoms with Gasteiger partial charge in [-0.25, -0.2) is 0 Å². The average Bonchev–Trinajstić information content (AvgIpc) is 2.65. The zero-order valence-electron chi connectivity index (χ0n) is 18.0. The van der Waals surface area contributed by atoms with E-state index in [1.807, 2.05) is 6.92 Å². The first-order valence-electron chi connectivity index (χ1n) is 9.60. The van der Waals surface area contributed by atoms with E-state index in [0.717, 1.165) is 19.4 Å². The molecule has 0 bridgehead atoms.